The third-order valence-electron chi connectivity index (χ3n) is 5.58. The van der Waals surface area contributed by atoms with Crippen molar-refractivity contribution < 1.29 is 19.1 Å². The van der Waals surface area contributed by atoms with Crippen LogP contribution in [-0.4, -0.2) is 25.4 Å². The number of rotatable bonds is 2. The van der Waals surface area contributed by atoms with Gasteiger partial charge in [0.05, 0.1) is 13.2 Å². The smallest absolute Gasteiger partial charge is 0.256 e. The number of nitrogens with one attached hydrogen (secondary N) is 1. The SMILES string of the molecule is O=C1Nc2ccccc2C1=Cc1ccc2c(c1)CCO2.O=Cc1ccc2c(c1)CCO2. The van der Waals surface area contributed by atoms with Gasteiger partial charge in [-0.2, -0.15) is 0 Å². The molecule has 3 heterocycles. The molecule has 0 unspecified atom stereocenters. The highest BCUT2D eigenvalue weighted by Crippen LogP contribution is 2.34. The van der Waals surface area contributed by atoms with E-state index in [2.05, 4.69) is 11.4 Å². The van der Waals surface area contributed by atoms with E-state index in [0.29, 0.717) is 0 Å². The zero-order chi connectivity index (χ0) is 21.2. The summed E-state index contributed by atoms with van der Waals surface area (Å²) in [6.07, 6.45) is 4.67. The molecule has 3 aromatic carbocycles. The number of amides is 1. The van der Waals surface area contributed by atoms with Crippen molar-refractivity contribution in [2.45, 2.75) is 12.8 Å². The minimum atomic E-state index is -0.0389. The molecule has 0 saturated heterocycles. The van der Waals surface area contributed by atoms with Gasteiger partial charge in [0.1, 0.15) is 17.8 Å². The zero-order valence-electron chi connectivity index (χ0n) is 16.9. The highest BCUT2D eigenvalue weighted by atomic mass is 16.5. The van der Waals surface area contributed by atoms with Crippen molar-refractivity contribution in [3.8, 4) is 11.5 Å². The van der Waals surface area contributed by atoms with E-state index in [0.717, 1.165) is 77.4 Å². The second kappa shape index (κ2) is 8.11. The molecule has 154 valence electrons. The van der Waals surface area contributed by atoms with E-state index in [4.69, 9.17) is 9.47 Å². The Morgan fingerprint density at radius 2 is 1.45 bits per heavy atom. The number of hydrogen-bond acceptors (Lipinski definition) is 4. The molecule has 0 radical (unpaired) electrons. The van der Waals surface area contributed by atoms with E-state index in [9.17, 15) is 9.59 Å². The first-order valence-electron chi connectivity index (χ1n) is 10.3. The number of benzene rings is 3. The van der Waals surface area contributed by atoms with E-state index in [1.807, 2.05) is 54.6 Å². The summed E-state index contributed by atoms with van der Waals surface area (Å²) in [5.41, 5.74) is 6.70. The summed E-state index contributed by atoms with van der Waals surface area (Å²) in [5.74, 6) is 1.85. The average Bonchev–Trinajstić information content (AvgIpc) is 3.52. The molecule has 31 heavy (non-hydrogen) atoms. The molecule has 3 aliphatic rings. The fourth-order valence-electron chi connectivity index (χ4n) is 4.02. The molecular formula is C26H21NO4. The first-order valence-corrected chi connectivity index (χ1v) is 10.3. The fraction of sp³-hybridized carbons (Fsp3) is 0.154. The van der Waals surface area contributed by atoms with E-state index in [-0.39, 0.29) is 5.91 Å². The van der Waals surface area contributed by atoms with Crippen LogP contribution in [0.5, 0.6) is 11.5 Å². The monoisotopic (exact) mass is 411 g/mol. The Morgan fingerprint density at radius 3 is 2.16 bits per heavy atom. The molecule has 0 fully saturated rings. The third kappa shape index (κ3) is 3.82. The van der Waals surface area contributed by atoms with Crippen molar-refractivity contribution in [3.05, 3.63) is 88.5 Å². The van der Waals surface area contributed by atoms with Gasteiger partial charge in [0, 0.05) is 35.2 Å². The molecule has 0 atom stereocenters. The van der Waals surface area contributed by atoms with Gasteiger partial charge in [0.15, 0.2) is 0 Å². The predicted molar refractivity (Wildman–Crippen MR) is 120 cm³/mol. The standard InChI is InChI=1S/C17H13NO2.C9H8O2/c19-17-14(13-3-1-2-4-15(13)18-17)10-11-5-6-16-12(9-11)7-8-20-16;10-6-7-1-2-9-8(5-7)3-4-11-9/h1-6,9-10H,7-8H2,(H,18,19);1-2,5-6H,3-4H2. The average molecular weight is 411 g/mol. The Hall–Kier alpha value is -3.86. The summed E-state index contributed by atoms with van der Waals surface area (Å²) in [6.45, 7) is 1.50. The van der Waals surface area contributed by atoms with Crippen molar-refractivity contribution in [3.63, 3.8) is 0 Å². The number of ether oxygens (including phenoxy) is 2. The lowest BCUT2D eigenvalue weighted by Gasteiger charge is -2.01. The van der Waals surface area contributed by atoms with Gasteiger partial charge < -0.3 is 14.8 Å². The Bertz CT molecular complexity index is 1210. The van der Waals surface area contributed by atoms with Gasteiger partial charge in [-0.15, -0.1) is 0 Å². The maximum atomic E-state index is 12.1. The number of aldehydes is 1. The van der Waals surface area contributed by atoms with Gasteiger partial charge in [0.25, 0.3) is 5.91 Å². The van der Waals surface area contributed by atoms with Crippen LogP contribution < -0.4 is 14.8 Å². The normalized spacial score (nSPS) is 16.3. The maximum Gasteiger partial charge on any atom is 0.256 e. The molecule has 1 amide bonds. The molecule has 0 spiro atoms. The van der Waals surface area contributed by atoms with Crippen molar-refractivity contribution in [2.75, 3.05) is 18.5 Å². The maximum absolute atomic E-state index is 12.1. The summed E-state index contributed by atoms with van der Waals surface area (Å²) in [7, 11) is 0. The van der Waals surface area contributed by atoms with Crippen LogP contribution in [0.4, 0.5) is 5.69 Å². The van der Waals surface area contributed by atoms with Gasteiger partial charge >= 0.3 is 0 Å². The highest BCUT2D eigenvalue weighted by Gasteiger charge is 2.23. The topological polar surface area (TPSA) is 64.6 Å². The third-order valence-corrected chi connectivity index (χ3v) is 5.58. The molecule has 1 N–H and O–H groups in total. The molecule has 3 aliphatic heterocycles. The minimum absolute atomic E-state index is 0.0389. The number of carbonyl (C=O) groups is 2. The van der Waals surface area contributed by atoms with Crippen LogP contribution in [0, 0.1) is 0 Å². The van der Waals surface area contributed by atoms with Crippen LogP contribution in [0.3, 0.4) is 0 Å². The zero-order valence-corrected chi connectivity index (χ0v) is 16.9. The lowest BCUT2D eigenvalue weighted by atomic mass is 10.0. The van der Waals surface area contributed by atoms with Crippen LogP contribution >= 0.6 is 0 Å². The Balaban J connectivity index is 0.000000157. The van der Waals surface area contributed by atoms with E-state index >= 15 is 0 Å². The van der Waals surface area contributed by atoms with Crippen LogP contribution in [-0.2, 0) is 17.6 Å². The summed E-state index contributed by atoms with van der Waals surface area (Å²) in [6, 6.07) is 19.3. The van der Waals surface area contributed by atoms with Crippen molar-refractivity contribution in [1.29, 1.82) is 0 Å². The van der Waals surface area contributed by atoms with Gasteiger partial charge in [-0.05, 0) is 59.2 Å². The van der Waals surface area contributed by atoms with Gasteiger partial charge in [-0.1, -0.05) is 24.3 Å². The Morgan fingerprint density at radius 1 is 0.806 bits per heavy atom. The number of anilines is 1. The second-order valence-electron chi connectivity index (χ2n) is 7.61. The quantitative estimate of drug-likeness (QED) is 0.496. The lowest BCUT2D eigenvalue weighted by Crippen LogP contribution is -2.03. The first-order chi connectivity index (χ1) is 15.2. The highest BCUT2D eigenvalue weighted by molar-refractivity contribution is 6.34. The second-order valence-corrected chi connectivity index (χ2v) is 7.61. The Labute approximate surface area is 180 Å². The number of carbonyl (C=O) groups excluding carboxylic acids is 2. The van der Waals surface area contributed by atoms with E-state index in [1.54, 1.807) is 6.07 Å². The van der Waals surface area contributed by atoms with Crippen molar-refractivity contribution in [1.82, 2.24) is 0 Å². The fourth-order valence-corrected chi connectivity index (χ4v) is 4.02. The molecule has 3 aromatic rings. The molecule has 5 heteroatoms. The van der Waals surface area contributed by atoms with Crippen LogP contribution in [0.2, 0.25) is 0 Å². The molecule has 0 saturated carbocycles. The summed E-state index contributed by atoms with van der Waals surface area (Å²) in [4.78, 5) is 22.4. The molecule has 0 aromatic heterocycles. The van der Waals surface area contributed by atoms with Crippen molar-refractivity contribution in [2.24, 2.45) is 0 Å². The first kappa shape index (κ1) is 19.1. The summed E-state index contributed by atoms with van der Waals surface area (Å²) >= 11 is 0. The van der Waals surface area contributed by atoms with Crippen LogP contribution in [0.15, 0.2) is 60.7 Å². The summed E-state index contributed by atoms with van der Waals surface area (Å²) in [5, 5.41) is 2.89. The van der Waals surface area contributed by atoms with Gasteiger partial charge in [0.2, 0.25) is 0 Å². The molecular weight excluding hydrogens is 390 g/mol. The number of hydrogen-bond donors (Lipinski definition) is 1. The van der Waals surface area contributed by atoms with Crippen LogP contribution in [0.1, 0.15) is 32.6 Å². The Kier molecular flexibility index (Phi) is 5.00. The van der Waals surface area contributed by atoms with E-state index in [1.165, 1.54) is 5.56 Å². The van der Waals surface area contributed by atoms with Gasteiger partial charge in [-0.25, -0.2) is 0 Å². The van der Waals surface area contributed by atoms with Crippen molar-refractivity contribution >= 4 is 29.5 Å². The lowest BCUT2D eigenvalue weighted by molar-refractivity contribution is -0.110. The molecule has 0 bridgehead atoms. The summed E-state index contributed by atoms with van der Waals surface area (Å²) < 4.78 is 10.8. The van der Waals surface area contributed by atoms with E-state index < -0.39 is 0 Å². The molecule has 6 rings (SSSR count). The predicted octanol–water partition coefficient (Wildman–Crippen LogP) is 4.55. The molecule has 0 aliphatic carbocycles. The van der Waals surface area contributed by atoms with Gasteiger partial charge in [-0.3, -0.25) is 9.59 Å². The number of fused-ring (bicyclic) bond motifs is 3. The molecule has 5 nitrogen and oxygen atoms in total. The minimum Gasteiger partial charge on any atom is -0.493 e. The largest absolute Gasteiger partial charge is 0.493 e. The van der Waals surface area contributed by atoms with Crippen LogP contribution in [0.25, 0.3) is 11.6 Å². The number of para-hydroxylation sites is 1.